The normalized spacial score (nSPS) is 15.9. The van der Waals surface area contributed by atoms with E-state index in [0.717, 1.165) is 17.7 Å². The lowest BCUT2D eigenvalue weighted by atomic mass is 9.95. The summed E-state index contributed by atoms with van der Waals surface area (Å²) >= 11 is 0. The van der Waals surface area contributed by atoms with Crippen LogP contribution >= 0.6 is 0 Å². The second kappa shape index (κ2) is 7.18. The van der Waals surface area contributed by atoms with Gasteiger partial charge < -0.3 is 4.90 Å². The van der Waals surface area contributed by atoms with Crippen LogP contribution in [-0.2, 0) is 13.5 Å². The largest absolute Gasteiger partial charge is 0.330 e. The molecule has 1 aliphatic rings. The van der Waals surface area contributed by atoms with E-state index < -0.39 is 17.5 Å². The van der Waals surface area contributed by atoms with E-state index in [1.807, 2.05) is 6.92 Å². The van der Waals surface area contributed by atoms with Crippen LogP contribution < -0.4 is 0 Å². The third-order valence-electron chi connectivity index (χ3n) is 5.97. The molecule has 1 amide bonds. The maximum Gasteiger partial charge on any atom is 0.258 e. The van der Waals surface area contributed by atoms with Crippen molar-refractivity contribution in [2.45, 2.75) is 26.3 Å². The first kappa shape index (κ1) is 20.2. The van der Waals surface area contributed by atoms with E-state index in [1.54, 1.807) is 37.2 Å². The summed E-state index contributed by atoms with van der Waals surface area (Å²) in [6.07, 6.45) is 2.03. The Kier molecular flexibility index (Phi) is 4.54. The molecule has 7 nitrogen and oxygen atoms in total. The van der Waals surface area contributed by atoms with Crippen LogP contribution in [-0.4, -0.2) is 42.0 Å². The van der Waals surface area contributed by atoms with Crippen LogP contribution in [0, 0.1) is 24.4 Å². The highest BCUT2D eigenvalue weighted by Gasteiger charge is 2.35. The molecule has 3 aromatic heterocycles. The van der Waals surface area contributed by atoms with Crippen LogP contribution in [0.2, 0.25) is 0 Å². The molecule has 164 valence electrons. The van der Waals surface area contributed by atoms with Crippen molar-refractivity contribution in [1.29, 1.82) is 0 Å². The second-order valence-corrected chi connectivity index (χ2v) is 7.87. The molecule has 0 aliphatic carbocycles. The molecule has 4 heterocycles. The standard InChI is InChI=1S/C22H19F3N6O/c1-11-18(17-5-4-7-26-31(17)27-11)22(32)30-8-6-14-20(12(30)2)28-29(3)21(14)13-9-15(23)19(25)16(24)10-13/h4-5,7,9-10,12H,6,8H2,1-3H3/t12-/m0/s1. The third-order valence-corrected chi connectivity index (χ3v) is 5.97. The summed E-state index contributed by atoms with van der Waals surface area (Å²) < 4.78 is 44.1. The molecule has 0 bridgehead atoms. The minimum absolute atomic E-state index is 0.185. The lowest BCUT2D eigenvalue weighted by Gasteiger charge is -2.33. The summed E-state index contributed by atoms with van der Waals surface area (Å²) in [5, 5.41) is 13.0. The van der Waals surface area contributed by atoms with E-state index in [2.05, 4.69) is 15.3 Å². The number of benzene rings is 1. The van der Waals surface area contributed by atoms with Crippen molar-refractivity contribution in [3.05, 3.63) is 70.4 Å². The highest BCUT2D eigenvalue weighted by atomic mass is 19.2. The zero-order valence-electron chi connectivity index (χ0n) is 17.6. The van der Waals surface area contributed by atoms with Crippen LogP contribution in [0.25, 0.3) is 16.8 Å². The lowest BCUT2D eigenvalue weighted by Crippen LogP contribution is -2.39. The summed E-state index contributed by atoms with van der Waals surface area (Å²) in [6.45, 7) is 4.01. The summed E-state index contributed by atoms with van der Waals surface area (Å²) in [5.41, 5.74) is 3.80. The fourth-order valence-corrected chi connectivity index (χ4v) is 4.49. The zero-order chi connectivity index (χ0) is 22.7. The van der Waals surface area contributed by atoms with Crippen molar-refractivity contribution in [1.82, 2.24) is 29.5 Å². The Morgan fingerprint density at radius 2 is 1.88 bits per heavy atom. The number of nitrogens with zero attached hydrogens (tertiary/aromatic N) is 6. The van der Waals surface area contributed by atoms with Gasteiger partial charge in [-0.1, -0.05) is 0 Å². The summed E-state index contributed by atoms with van der Waals surface area (Å²) in [5.74, 6) is -4.21. The Morgan fingerprint density at radius 1 is 1.16 bits per heavy atom. The Morgan fingerprint density at radius 3 is 2.59 bits per heavy atom. The monoisotopic (exact) mass is 440 g/mol. The van der Waals surface area contributed by atoms with Gasteiger partial charge in [0.1, 0.15) is 5.52 Å². The number of hydrogen-bond donors (Lipinski definition) is 0. The Balaban J connectivity index is 1.55. The number of carbonyl (C=O) groups is 1. The first-order valence-corrected chi connectivity index (χ1v) is 10.1. The van der Waals surface area contributed by atoms with Crippen molar-refractivity contribution >= 4 is 11.4 Å². The second-order valence-electron chi connectivity index (χ2n) is 7.87. The minimum atomic E-state index is -1.51. The molecule has 0 spiro atoms. The minimum Gasteiger partial charge on any atom is -0.330 e. The number of carbonyl (C=O) groups excluding carboxylic acids is 1. The molecule has 0 fully saturated rings. The lowest BCUT2D eigenvalue weighted by molar-refractivity contribution is 0.0675. The first-order valence-electron chi connectivity index (χ1n) is 10.1. The van der Waals surface area contributed by atoms with Gasteiger partial charge in [-0.2, -0.15) is 19.9 Å². The third kappa shape index (κ3) is 2.89. The molecular weight excluding hydrogens is 421 g/mol. The van der Waals surface area contributed by atoms with Crippen molar-refractivity contribution in [2.24, 2.45) is 7.05 Å². The average molecular weight is 440 g/mol. The first-order chi connectivity index (χ1) is 15.3. The van der Waals surface area contributed by atoms with Gasteiger partial charge in [0, 0.05) is 30.9 Å². The van der Waals surface area contributed by atoms with Crippen molar-refractivity contribution in [3.8, 4) is 11.3 Å². The Labute approximate surface area is 181 Å². The quantitative estimate of drug-likeness (QED) is 0.447. The van der Waals surface area contributed by atoms with Crippen LogP contribution in [0.4, 0.5) is 13.2 Å². The molecule has 0 saturated carbocycles. The fourth-order valence-electron chi connectivity index (χ4n) is 4.49. The number of halogens is 3. The molecule has 1 aromatic carbocycles. The van der Waals surface area contributed by atoms with E-state index in [-0.39, 0.29) is 17.5 Å². The van der Waals surface area contributed by atoms with Crippen LogP contribution in [0.1, 0.15) is 40.3 Å². The maximum absolute atomic E-state index is 13.9. The molecule has 10 heteroatoms. The highest BCUT2D eigenvalue weighted by molar-refractivity contribution is 6.02. The van der Waals surface area contributed by atoms with Crippen molar-refractivity contribution < 1.29 is 18.0 Å². The van der Waals surface area contributed by atoms with Gasteiger partial charge in [-0.25, -0.2) is 13.2 Å². The molecule has 0 saturated heterocycles. The molecule has 1 aliphatic heterocycles. The van der Waals surface area contributed by atoms with E-state index in [4.69, 9.17) is 0 Å². The topological polar surface area (TPSA) is 68.3 Å². The van der Waals surface area contributed by atoms with Gasteiger partial charge in [0.05, 0.1) is 28.7 Å². The Bertz CT molecular complexity index is 1370. The molecule has 0 N–H and O–H groups in total. The number of hydrogen-bond acceptors (Lipinski definition) is 4. The van der Waals surface area contributed by atoms with Gasteiger partial charge in [0.15, 0.2) is 17.5 Å². The number of aryl methyl sites for hydroxylation is 2. The van der Waals surface area contributed by atoms with Crippen LogP contribution in [0.5, 0.6) is 0 Å². The van der Waals surface area contributed by atoms with Crippen molar-refractivity contribution in [2.75, 3.05) is 6.54 Å². The molecule has 1 atom stereocenters. The summed E-state index contributed by atoms with van der Waals surface area (Å²) in [7, 11) is 1.66. The maximum atomic E-state index is 13.9. The number of fused-ring (bicyclic) bond motifs is 2. The van der Waals surface area contributed by atoms with E-state index in [1.165, 1.54) is 9.31 Å². The zero-order valence-corrected chi connectivity index (χ0v) is 17.6. The van der Waals surface area contributed by atoms with Crippen LogP contribution in [0.15, 0.2) is 30.5 Å². The van der Waals surface area contributed by atoms with Crippen LogP contribution in [0.3, 0.4) is 0 Å². The summed E-state index contributed by atoms with van der Waals surface area (Å²) in [6, 6.07) is 5.08. The summed E-state index contributed by atoms with van der Waals surface area (Å²) in [4.78, 5) is 15.2. The van der Waals surface area contributed by atoms with Gasteiger partial charge in [-0.15, -0.1) is 0 Å². The van der Waals surface area contributed by atoms with E-state index >= 15 is 0 Å². The predicted octanol–water partition coefficient (Wildman–Crippen LogP) is 3.62. The SMILES string of the molecule is Cc1nn2ncccc2c1C(=O)N1CCc2c(nn(C)c2-c2cc(F)c(F)c(F)c2)[C@@H]1C. The highest BCUT2D eigenvalue weighted by Crippen LogP contribution is 2.37. The molecule has 0 radical (unpaired) electrons. The van der Waals surface area contributed by atoms with Crippen molar-refractivity contribution in [3.63, 3.8) is 0 Å². The average Bonchev–Trinajstić information content (AvgIpc) is 3.27. The smallest absolute Gasteiger partial charge is 0.258 e. The molecule has 32 heavy (non-hydrogen) atoms. The van der Waals surface area contributed by atoms with Gasteiger partial charge >= 0.3 is 0 Å². The fraction of sp³-hybridized carbons (Fsp3) is 0.273. The van der Waals surface area contributed by atoms with Gasteiger partial charge in [0.2, 0.25) is 0 Å². The van der Waals surface area contributed by atoms with E-state index in [0.29, 0.717) is 41.1 Å². The predicted molar refractivity (Wildman–Crippen MR) is 109 cm³/mol. The van der Waals surface area contributed by atoms with Gasteiger partial charge in [0.25, 0.3) is 5.91 Å². The molecule has 0 unspecified atom stereocenters. The molecule has 5 rings (SSSR count). The molecular formula is C22H19F3N6O. The van der Waals surface area contributed by atoms with Gasteiger partial charge in [-0.3, -0.25) is 9.48 Å². The van der Waals surface area contributed by atoms with Gasteiger partial charge in [-0.05, 0) is 44.5 Å². The molecule has 4 aromatic rings. The van der Waals surface area contributed by atoms with E-state index in [9.17, 15) is 18.0 Å². The number of aromatic nitrogens is 5. The Hall–Kier alpha value is -3.69. The number of rotatable bonds is 2. The number of amides is 1.